The molecular formula is C22H29N3O2. The zero-order chi connectivity index (χ0) is 18.9. The van der Waals surface area contributed by atoms with Crippen LogP contribution in [0.1, 0.15) is 26.2 Å². The molecule has 5 nitrogen and oxygen atoms in total. The van der Waals surface area contributed by atoms with Crippen molar-refractivity contribution in [1.82, 2.24) is 10.2 Å². The average molecular weight is 367 g/mol. The zero-order valence-electron chi connectivity index (χ0n) is 16.1. The standard InChI is InChI=1S/C22H29N3O2/c1-2-3-7-14-23-22(26)25-17-15-24(16-18-25)19-10-12-21(13-11-19)27-20-8-5-4-6-9-20/h4-6,8-13H,2-3,7,14-18H2,1H3,(H,23,26). The molecule has 2 amide bonds. The number of rotatable bonds is 7. The van der Waals surface area contributed by atoms with Crippen molar-refractivity contribution in [3.8, 4) is 11.5 Å². The minimum atomic E-state index is 0.0670. The van der Waals surface area contributed by atoms with Gasteiger partial charge in [0, 0.05) is 38.4 Å². The van der Waals surface area contributed by atoms with Gasteiger partial charge in [0.1, 0.15) is 11.5 Å². The first-order valence-electron chi connectivity index (χ1n) is 9.87. The molecule has 1 saturated heterocycles. The van der Waals surface area contributed by atoms with Crippen molar-refractivity contribution < 1.29 is 9.53 Å². The number of piperazine rings is 1. The number of amides is 2. The Morgan fingerprint density at radius 1 is 0.926 bits per heavy atom. The van der Waals surface area contributed by atoms with Gasteiger partial charge in [-0.05, 0) is 42.8 Å². The number of anilines is 1. The summed E-state index contributed by atoms with van der Waals surface area (Å²) in [6, 6.07) is 18.0. The number of hydrogen-bond donors (Lipinski definition) is 1. The van der Waals surface area contributed by atoms with E-state index in [2.05, 4.69) is 29.3 Å². The molecule has 3 rings (SSSR count). The van der Waals surface area contributed by atoms with Gasteiger partial charge in [-0.15, -0.1) is 0 Å². The molecule has 0 unspecified atom stereocenters. The second-order valence-electron chi connectivity index (χ2n) is 6.82. The Bertz CT molecular complexity index is 695. The van der Waals surface area contributed by atoms with Gasteiger partial charge in [-0.1, -0.05) is 38.0 Å². The Kier molecular flexibility index (Phi) is 6.97. The second kappa shape index (κ2) is 9.86. The fourth-order valence-corrected chi connectivity index (χ4v) is 3.20. The van der Waals surface area contributed by atoms with E-state index in [-0.39, 0.29) is 6.03 Å². The number of para-hydroxylation sites is 1. The molecule has 0 saturated carbocycles. The number of urea groups is 1. The van der Waals surface area contributed by atoms with Crippen molar-refractivity contribution in [1.29, 1.82) is 0 Å². The van der Waals surface area contributed by atoms with Crippen LogP contribution in [-0.2, 0) is 0 Å². The first-order chi connectivity index (χ1) is 13.3. The van der Waals surface area contributed by atoms with Crippen LogP contribution in [0.15, 0.2) is 54.6 Å². The lowest BCUT2D eigenvalue weighted by atomic mass is 10.2. The van der Waals surface area contributed by atoms with Crippen molar-refractivity contribution in [2.45, 2.75) is 26.2 Å². The molecule has 144 valence electrons. The summed E-state index contributed by atoms with van der Waals surface area (Å²) in [5, 5.41) is 3.02. The topological polar surface area (TPSA) is 44.8 Å². The summed E-state index contributed by atoms with van der Waals surface area (Å²) in [7, 11) is 0. The minimum Gasteiger partial charge on any atom is -0.457 e. The maximum Gasteiger partial charge on any atom is 0.317 e. The molecule has 5 heteroatoms. The summed E-state index contributed by atoms with van der Waals surface area (Å²) in [4.78, 5) is 16.4. The number of unbranched alkanes of at least 4 members (excludes halogenated alkanes) is 2. The molecular weight excluding hydrogens is 338 g/mol. The minimum absolute atomic E-state index is 0.0670. The Morgan fingerprint density at radius 2 is 1.59 bits per heavy atom. The third-order valence-electron chi connectivity index (χ3n) is 4.80. The Morgan fingerprint density at radius 3 is 2.26 bits per heavy atom. The number of hydrogen-bond acceptors (Lipinski definition) is 3. The predicted molar refractivity (Wildman–Crippen MR) is 110 cm³/mol. The maximum atomic E-state index is 12.2. The van der Waals surface area contributed by atoms with Gasteiger partial charge in [0.05, 0.1) is 0 Å². The number of carbonyl (C=O) groups excluding carboxylic acids is 1. The molecule has 1 fully saturated rings. The van der Waals surface area contributed by atoms with Crippen molar-refractivity contribution in [2.75, 3.05) is 37.6 Å². The van der Waals surface area contributed by atoms with E-state index >= 15 is 0 Å². The molecule has 1 aliphatic rings. The molecule has 1 N–H and O–H groups in total. The molecule has 0 aromatic heterocycles. The zero-order valence-corrected chi connectivity index (χ0v) is 16.1. The third kappa shape index (κ3) is 5.64. The van der Waals surface area contributed by atoms with E-state index in [1.54, 1.807) is 0 Å². The summed E-state index contributed by atoms with van der Waals surface area (Å²) < 4.78 is 5.84. The molecule has 27 heavy (non-hydrogen) atoms. The highest BCUT2D eigenvalue weighted by Crippen LogP contribution is 2.24. The second-order valence-corrected chi connectivity index (χ2v) is 6.82. The van der Waals surface area contributed by atoms with Gasteiger partial charge in [-0.3, -0.25) is 0 Å². The first-order valence-corrected chi connectivity index (χ1v) is 9.87. The SMILES string of the molecule is CCCCCNC(=O)N1CCN(c2ccc(Oc3ccccc3)cc2)CC1. The van der Waals surface area contributed by atoms with Crippen LogP contribution in [0, 0.1) is 0 Å². The van der Waals surface area contributed by atoms with Gasteiger partial charge in [0.15, 0.2) is 0 Å². The van der Waals surface area contributed by atoms with E-state index in [1.807, 2.05) is 47.4 Å². The number of benzene rings is 2. The van der Waals surface area contributed by atoms with Crippen LogP contribution < -0.4 is 15.0 Å². The Labute approximate surface area is 161 Å². The van der Waals surface area contributed by atoms with Crippen molar-refractivity contribution in [3.05, 3.63) is 54.6 Å². The summed E-state index contributed by atoms with van der Waals surface area (Å²) in [5.41, 5.74) is 1.17. The smallest absolute Gasteiger partial charge is 0.317 e. The summed E-state index contributed by atoms with van der Waals surface area (Å²) in [6.45, 7) is 6.14. The molecule has 2 aromatic rings. The molecule has 1 aliphatic heterocycles. The van der Waals surface area contributed by atoms with Gasteiger partial charge in [-0.2, -0.15) is 0 Å². The summed E-state index contributed by atoms with van der Waals surface area (Å²) >= 11 is 0. The van der Waals surface area contributed by atoms with Gasteiger partial charge < -0.3 is 19.9 Å². The van der Waals surface area contributed by atoms with Crippen molar-refractivity contribution in [3.63, 3.8) is 0 Å². The lowest BCUT2D eigenvalue weighted by Gasteiger charge is -2.36. The van der Waals surface area contributed by atoms with Crippen molar-refractivity contribution >= 4 is 11.7 Å². The van der Waals surface area contributed by atoms with Crippen LogP contribution in [0.4, 0.5) is 10.5 Å². The highest BCUT2D eigenvalue weighted by atomic mass is 16.5. The summed E-state index contributed by atoms with van der Waals surface area (Å²) in [5.74, 6) is 1.67. The fourth-order valence-electron chi connectivity index (χ4n) is 3.20. The van der Waals surface area contributed by atoms with E-state index in [0.29, 0.717) is 0 Å². The largest absolute Gasteiger partial charge is 0.457 e. The van der Waals surface area contributed by atoms with Crippen LogP contribution in [0.3, 0.4) is 0 Å². The van der Waals surface area contributed by atoms with Crippen LogP contribution in [0.2, 0.25) is 0 Å². The average Bonchev–Trinajstić information content (AvgIpc) is 2.72. The molecule has 0 aliphatic carbocycles. The highest BCUT2D eigenvalue weighted by Gasteiger charge is 2.20. The summed E-state index contributed by atoms with van der Waals surface area (Å²) in [6.07, 6.45) is 3.39. The van der Waals surface area contributed by atoms with E-state index in [1.165, 1.54) is 12.1 Å². The van der Waals surface area contributed by atoms with Crippen LogP contribution in [0.25, 0.3) is 0 Å². The van der Waals surface area contributed by atoms with Gasteiger partial charge >= 0.3 is 6.03 Å². The molecule has 0 atom stereocenters. The van der Waals surface area contributed by atoms with E-state index < -0.39 is 0 Å². The highest BCUT2D eigenvalue weighted by molar-refractivity contribution is 5.74. The van der Waals surface area contributed by atoms with Crippen LogP contribution in [-0.4, -0.2) is 43.7 Å². The first kappa shape index (κ1) is 19.1. The van der Waals surface area contributed by atoms with Gasteiger partial charge in [-0.25, -0.2) is 4.79 Å². The number of nitrogens with zero attached hydrogens (tertiary/aromatic N) is 2. The van der Waals surface area contributed by atoms with Gasteiger partial charge in [0.25, 0.3) is 0 Å². The quantitative estimate of drug-likeness (QED) is 0.733. The molecule has 0 bridgehead atoms. The van der Waals surface area contributed by atoms with Crippen molar-refractivity contribution in [2.24, 2.45) is 0 Å². The monoisotopic (exact) mass is 367 g/mol. The number of nitrogens with one attached hydrogen (secondary N) is 1. The molecule has 2 aromatic carbocycles. The molecule has 0 spiro atoms. The Balaban J connectivity index is 1.46. The predicted octanol–water partition coefficient (Wildman–Crippen LogP) is 4.50. The number of carbonyl (C=O) groups is 1. The van der Waals surface area contributed by atoms with E-state index in [9.17, 15) is 4.79 Å². The normalized spacial score (nSPS) is 14.1. The van der Waals surface area contributed by atoms with Crippen LogP contribution in [0.5, 0.6) is 11.5 Å². The fraction of sp³-hybridized carbons (Fsp3) is 0.409. The van der Waals surface area contributed by atoms with Gasteiger partial charge in [0.2, 0.25) is 0 Å². The number of ether oxygens (including phenoxy) is 1. The maximum absolute atomic E-state index is 12.2. The lowest BCUT2D eigenvalue weighted by Crippen LogP contribution is -2.52. The Hall–Kier alpha value is -2.69. The third-order valence-corrected chi connectivity index (χ3v) is 4.80. The molecule has 1 heterocycles. The van der Waals surface area contributed by atoms with E-state index in [0.717, 1.165) is 57.1 Å². The van der Waals surface area contributed by atoms with Crippen LogP contribution >= 0.6 is 0 Å². The van der Waals surface area contributed by atoms with E-state index in [4.69, 9.17) is 4.74 Å². The lowest BCUT2D eigenvalue weighted by molar-refractivity contribution is 0.194. The molecule has 0 radical (unpaired) electrons.